The Labute approximate surface area is 110 Å². The summed E-state index contributed by atoms with van der Waals surface area (Å²) in [4.78, 5) is 10.0. The lowest BCUT2D eigenvalue weighted by atomic mass is 10.3. The Bertz CT molecular complexity index is 605. The maximum absolute atomic E-state index is 12.9. The van der Waals surface area contributed by atoms with E-state index in [1.54, 1.807) is 0 Å². The van der Waals surface area contributed by atoms with Gasteiger partial charge in [0.2, 0.25) is 0 Å². The van der Waals surface area contributed by atoms with Crippen molar-refractivity contribution in [2.45, 2.75) is 6.61 Å². The SMILES string of the molecule is NNc1snnc1COc1ccc(F)cc1[N+](=O)[O-]. The minimum Gasteiger partial charge on any atom is -0.480 e. The van der Waals surface area contributed by atoms with Gasteiger partial charge in [0.25, 0.3) is 0 Å². The van der Waals surface area contributed by atoms with Gasteiger partial charge in [-0.2, -0.15) is 0 Å². The lowest BCUT2D eigenvalue weighted by Gasteiger charge is -2.05. The van der Waals surface area contributed by atoms with E-state index in [9.17, 15) is 14.5 Å². The molecular weight excluding hydrogens is 277 g/mol. The molecule has 10 heteroatoms. The molecule has 1 aromatic carbocycles. The number of rotatable bonds is 5. The molecule has 3 N–H and O–H groups in total. The fourth-order valence-electron chi connectivity index (χ4n) is 1.31. The van der Waals surface area contributed by atoms with E-state index in [1.165, 1.54) is 6.07 Å². The number of hydrogen-bond acceptors (Lipinski definition) is 8. The van der Waals surface area contributed by atoms with Gasteiger partial charge in [-0.15, -0.1) is 5.10 Å². The van der Waals surface area contributed by atoms with Crippen molar-refractivity contribution in [1.29, 1.82) is 0 Å². The zero-order chi connectivity index (χ0) is 13.8. The zero-order valence-corrected chi connectivity index (χ0v) is 10.2. The highest BCUT2D eigenvalue weighted by atomic mass is 32.1. The summed E-state index contributed by atoms with van der Waals surface area (Å²) < 4.78 is 21.8. The average Bonchev–Trinajstić information content (AvgIpc) is 2.84. The third-order valence-electron chi connectivity index (χ3n) is 2.17. The van der Waals surface area contributed by atoms with Crippen LogP contribution in [0.4, 0.5) is 15.1 Å². The van der Waals surface area contributed by atoms with Gasteiger partial charge in [-0.05, 0) is 12.1 Å². The molecule has 0 aliphatic carbocycles. The number of benzene rings is 1. The number of nitrogens with zero attached hydrogens (tertiary/aromatic N) is 3. The molecule has 0 aliphatic rings. The first-order valence-electron chi connectivity index (χ1n) is 4.96. The molecule has 0 spiro atoms. The van der Waals surface area contributed by atoms with E-state index in [-0.39, 0.29) is 12.4 Å². The van der Waals surface area contributed by atoms with Gasteiger partial charge in [0.05, 0.1) is 11.0 Å². The van der Waals surface area contributed by atoms with Crippen LogP contribution in [0, 0.1) is 15.9 Å². The molecule has 1 heterocycles. The number of hydrogen-bond donors (Lipinski definition) is 2. The average molecular weight is 285 g/mol. The molecule has 0 atom stereocenters. The molecule has 100 valence electrons. The Morgan fingerprint density at radius 1 is 1.58 bits per heavy atom. The Kier molecular flexibility index (Phi) is 3.82. The molecule has 0 radical (unpaired) electrons. The number of nitrogen functional groups attached to an aromatic ring is 1. The van der Waals surface area contributed by atoms with E-state index in [0.717, 1.165) is 23.7 Å². The van der Waals surface area contributed by atoms with Gasteiger partial charge in [-0.25, -0.2) is 10.2 Å². The quantitative estimate of drug-likeness (QED) is 0.485. The van der Waals surface area contributed by atoms with Crippen molar-refractivity contribution >= 4 is 22.2 Å². The van der Waals surface area contributed by atoms with E-state index in [4.69, 9.17) is 10.6 Å². The highest BCUT2D eigenvalue weighted by Gasteiger charge is 2.17. The minimum atomic E-state index is -0.722. The van der Waals surface area contributed by atoms with Crippen LogP contribution in [0.3, 0.4) is 0 Å². The summed E-state index contributed by atoms with van der Waals surface area (Å²) in [6, 6.07) is 3.04. The predicted octanol–water partition coefficient (Wildman–Crippen LogP) is 1.45. The lowest BCUT2D eigenvalue weighted by Crippen LogP contribution is -2.09. The van der Waals surface area contributed by atoms with E-state index in [0.29, 0.717) is 10.7 Å². The van der Waals surface area contributed by atoms with E-state index >= 15 is 0 Å². The maximum Gasteiger partial charge on any atom is 0.313 e. The number of nitrogens with two attached hydrogens (primary N) is 1. The molecule has 2 aromatic rings. The summed E-state index contributed by atoms with van der Waals surface area (Å²) in [5, 5.41) is 15.0. The van der Waals surface area contributed by atoms with E-state index < -0.39 is 16.4 Å². The summed E-state index contributed by atoms with van der Waals surface area (Å²) in [5.41, 5.74) is 2.33. The van der Waals surface area contributed by atoms with Gasteiger partial charge >= 0.3 is 5.69 Å². The standard InChI is InChI=1S/C9H8FN5O3S/c10-5-1-2-8(7(3-5)15(16)17)18-4-6-9(12-11)19-14-13-6/h1-3,12H,4,11H2. The lowest BCUT2D eigenvalue weighted by molar-refractivity contribution is -0.386. The monoisotopic (exact) mass is 285 g/mol. The first-order valence-corrected chi connectivity index (χ1v) is 5.73. The van der Waals surface area contributed by atoms with Gasteiger partial charge in [-0.1, -0.05) is 4.49 Å². The number of halogens is 1. The number of ether oxygens (including phenoxy) is 1. The van der Waals surface area contributed by atoms with Gasteiger partial charge < -0.3 is 10.2 Å². The second-order valence-electron chi connectivity index (χ2n) is 3.35. The highest BCUT2D eigenvalue weighted by molar-refractivity contribution is 7.10. The molecular formula is C9H8FN5O3S. The number of nitro benzene ring substituents is 1. The van der Waals surface area contributed by atoms with Crippen molar-refractivity contribution in [2.75, 3.05) is 5.43 Å². The molecule has 0 aliphatic heterocycles. The Morgan fingerprint density at radius 2 is 2.37 bits per heavy atom. The summed E-state index contributed by atoms with van der Waals surface area (Å²) in [6.07, 6.45) is 0. The molecule has 0 saturated carbocycles. The van der Waals surface area contributed by atoms with E-state index in [1.807, 2.05) is 0 Å². The molecule has 0 unspecified atom stereocenters. The van der Waals surface area contributed by atoms with Crippen LogP contribution in [0.25, 0.3) is 0 Å². The Hall–Kier alpha value is -2.33. The van der Waals surface area contributed by atoms with Crippen molar-refractivity contribution in [3.05, 3.63) is 39.8 Å². The van der Waals surface area contributed by atoms with Crippen molar-refractivity contribution in [3.8, 4) is 5.75 Å². The topological polar surface area (TPSA) is 116 Å². The normalized spacial score (nSPS) is 10.2. The van der Waals surface area contributed by atoms with Crippen LogP contribution >= 0.6 is 11.5 Å². The molecule has 19 heavy (non-hydrogen) atoms. The largest absolute Gasteiger partial charge is 0.480 e. The molecule has 0 bridgehead atoms. The second kappa shape index (κ2) is 5.54. The van der Waals surface area contributed by atoms with Crippen LogP contribution < -0.4 is 16.0 Å². The fourth-order valence-corrected chi connectivity index (χ4v) is 1.79. The Balaban J connectivity index is 2.18. The van der Waals surface area contributed by atoms with Crippen LogP contribution in [-0.4, -0.2) is 14.5 Å². The minimum absolute atomic E-state index is 0.0534. The summed E-state index contributed by atoms with van der Waals surface area (Å²) in [7, 11) is 0. The third-order valence-corrected chi connectivity index (χ3v) is 2.87. The molecule has 0 amide bonds. The van der Waals surface area contributed by atoms with Crippen LogP contribution in [0.15, 0.2) is 18.2 Å². The van der Waals surface area contributed by atoms with Crippen molar-refractivity contribution < 1.29 is 14.1 Å². The molecule has 8 nitrogen and oxygen atoms in total. The third kappa shape index (κ3) is 2.92. The maximum atomic E-state index is 12.9. The smallest absolute Gasteiger partial charge is 0.313 e. The number of aromatic nitrogens is 2. The number of nitrogens with one attached hydrogen (secondary N) is 1. The van der Waals surface area contributed by atoms with Crippen LogP contribution in [0.1, 0.15) is 5.69 Å². The van der Waals surface area contributed by atoms with Crippen LogP contribution in [0.5, 0.6) is 5.75 Å². The van der Waals surface area contributed by atoms with Crippen molar-refractivity contribution in [3.63, 3.8) is 0 Å². The summed E-state index contributed by atoms with van der Waals surface area (Å²) >= 11 is 1.03. The number of anilines is 1. The number of nitro groups is 1. The zero-order valence-electron chi connectivity index (χ0n) is 9.37. The predicted molar refractivity (Wildman–Crippen MR) is 65.1 cm³/mol. The fraction of sp³-hybridized carbons (Fsp3) is 0.111. The summed E-state index contributed by atoms with van der Waals surface area (Å²) in [6.45, 7) is -0.0670. The van der Waals surface area contributed by atoms with Gasteiger partial charge in [-0.3, -0.25) is 10.1 Å². The van der Waals surface area contributed by atoms with Gasteiger partial charge in [0, 0.05) is 11.5 Å². The van der Waals surface area contributed by atoms with Gasteiger partial charge in [0.15, 0.2) is 10.8 Å². The first kappa shape index (κ1) is 13.1. The number of hydrazine groups is 1. The molecule has 0 saturated heterocycles. The van der Waals surface area contributed by atoms with E-state index in [2.05, 4.69) is 15.0 Å². The first-order chi connectivity index (χ1) is 9.11. The highest BCUT2D eigenvalue weighted by Crippen LogP contribution is 2.28. The van der Waals surface area contributed by atoms with Crippen LogP contribution in [0.2, 0.25) is 0 Å². The second-order valence-corrected chi connectivity index (χ2v) is 4.11. The molecule has 0 fully saturated rings. The molecule has 1 aromatic heterocycles. The van der Waals surface area contributed by atoms with Gasteiger partial charge in [0.1, 0.15) is 18.1 Å². The van der Waals surface area contributed by atoms with Crippen molar-refractivity contribution in [1.82, 2.24) is 9.59 Å². The summed E-state index contributed by atoms with van der Waals surface area (Å²) in [5.74, 6) is 4.47. The Morgan fingerprint density at radius 3 is 3.05 bits per heavy atom. The van der Waals surface area contributed by atoms with Crippen molar-refractivity contribution in [2.24, 2.45) is 5.84 Å². The van der Waals surface area contributed by atoms with Crippen LogP contribution in [-0.2, 0) is 6.61 Å². The molecule has 2 rings (SSSR count).